The van der Waals surface area contributed by atoms with E-state index < -0.39 is 0 Å². The van der Waals surface area contributed by atoms with Crippen LogP contribution in [0, 0.1) is 0 Å². The van der Waals surface area contributed by atoms with E-state index in [4.69, 9.17) is 10.5 Å². The Morgan fingerprint density at radius 3 is 2.46 bits per heavy atom. The number of aromatic nitrogens is 3. The second kappa shape index (κ2) is 7.11. The number of ether oxygens (including phenoxy) is 1. The summed E-state index contributed by atoms with van der Waals surface area (Å²) in [6, 6.07) is 9.81. The van der Waals surface area contributed by atoms with Crippen molar-refractivity contribution in [2.24, 2.45) is 0 Å². The Hall–Kier alpha value is -2.25. The number of hydrogen-bond donors (Lipinski definition) is 2. The van der Waals surface area contributed by atoms with Gasteiger partial charge in [-0.25, -0.2) is 0 Å². The van der Waals surface area contributed by atoms with Crippen molar-refractivity contribution >= 4 is 17.6 Å². The van der Waals surface area contributed by atoms with Gasteiger partial charge in [-0.15, -0.1) is 0 Å². The van der Waals surface area contributed by atoms with Crippen LogP contribution in [-0.2, 0) is 4.74 Å². The maximum Gasteiger partial charge on any atom is 0.232 e. The van der Waals surface area contributed by atoms with Crippen molar-refractivity contribution < 1.29 is 4.74 Å². The summed E-state index contributed by atoms with van der Waals surface area (Å²) >= 11 is 0. The molecule has 0 aliphatic carbocycles. The van der Waals surface area contributed by atoms with Gasteiger partial charge >= 0.3 is 0 Å². The molecule has 0 unspecified atom stereocenters. The molecule has 1 aliphatic heterocycles. The number of morpholine rings is 1. The number of nitrogens with two attached hydrogens (primary N) is 1. The summed E-state index contributed by atoms with van der Waals surface area (Å²) in [5.41, 5.74) is 6.80. The number of hydrogen-bond acceptors (Lipinski definition) is 7. The highest BCUT2D eigenvalue weighted by Gasteiger charge is 2.28. The second-order valence-electron chi connectivity index (χ2n) is 6.25. The summed E-state index contributed by atoms with van der Waals surface area (Å²) in [5, 5.41) is 3.18. The van der Waals surface area contributed by atoms with E-state index in [0.29, 0.717) is 11.8 Å². The largest absolute Gasteiger partial charge is 0.373 e. The molecule has 1 fully saturated rings. The van der Waals surface area contributed by atoms with Crippen molar-refractivity contribution in [3.63, 3.8) is 0 Å². The Morgan fingerprint density at radius 1 is 1.12 bits per heavy atom. The molecule has 1 aromatic carbocycles. The number of nitrogens with one attached hydrogen (secondary N) is 1. The number of anilines is 3. The number of rotatable bonds is 4. The van der Waals surface area contributed by atoms with Crippen LogP contribution in [0.5, 0.6) is 0 Å². The van der Waals surface area contributed by atoms with Gasteiger partial charge in [-0.1, -0.05) is 18.2 Å². The minimum atomic E-state index is 0.0421. The van der Waals surface area contributed by atoms with Crippen molar-refractivity contribution in [2.75, 3.05) is 24.1 Å². The van der Waals surface area contributed by atoms with Gasteiger partial charge in [-0.05, 0) is 32.9 Å². The van der Waals surface area contributed by atoms with Crippen LogP contribution in [0.15, 0.2) is 30.3 Å². The monoisotopic (exact) mass is 328 g/mol. The first kappa shape index (κ1) is 16.6. The quantitative estimate of drug-likeness (QED) is 0.890. The zero-order valence-corrected chi connectivity index (χ0v) is 14.3. The molecule has 3 atom stereocenters. The fraction of sp³-hybridized carbons (Fsp3) is 0.471. The van der Waals surface area contributed by atoms with Crippen LogP contribution in [0.2, 0.25) is 0 Å². The maximum absolute atomic E-state index is 5.89. The predicted molar refractivity (Wildman–Crippen MR) is 94.0 cm³/mol. The van der Waals surface area contributed by atoms with Crippen LogP contribution in [0.1, 0.15) is 32.6 Å². The zero-order valence-electron chi connectivity index (χ0n) is 14.3. The highest BCUT2D eigenvalue weighted by Crippen LogP contribution is 2.23. The van der Waals surface area contributed by atoms with Crippen LogP contribution in [0.4, 0.5) is 17.6 Å². The number of nitrogens with zero attached hydrogens (tertiary/aromatic N) is 4. The molecule has 7 heteroatoms. The van der Waals surface area contributed by atoms with Gasteiger partial charge in [0.15, 0.2) is 5.82 Å². The summed E-state index contributed by atoms with van der Waals surface area (Å²) in [6.45, 7) is 7.95. The summed E-state index contributed by atoms with van der Waals surface area (Å²) in [6.07, 6.45) is 0.384. The van der Waals surface area contributed by atoms with Crippen LogP contribution in [0.25, 0.3) is 0 Å². The molecule has 3 N–H and O–H groups in total. The lowest BCUT2D eigenvalue weighted by Gasteiger charge is -2.38. The topological polar surface area (TPSA) is 89.2 Å². The van der Waals surface area contributed by atoms with Gasteiger partial charge in [0.2, 0.25) is 11.9 Å². The molecule has 0 spiro atoms. The average Bonchev–Trinajstić information content (AvgIpc) is 2.53. The van der Waals surface area contributed by atoms with Crippen LogP contribution in [0.3, 0.4) is 0 Å². The smallest absolute Gasteiger partial charge is 0.232 e. The SMILES string of the molecule is C[C@@H]1CN([C@H](C)c2nc(N)nc(Nc3ccccc3)n2)C[C@@H](C)O1. The van der Waals surface area contributed by atoms with Gasteiger partial charge in [0.1, 0.15) is 0 Å². The number of benzene rings is 1. The van der Waals surface area contributed by atoms with E-state index in [-0.39, 0.29) is 24.2 Å². The lowest BCUT2D eigenvalue weighted by Crippen LogP contribution is -2.46. The first-order valence-electron chi connectivity index (χ1n) is 8.24. The Bertz CT molecular complexity index is 670. The Morgan fingerprint density at radius 2 is 1.79 bits per heavy atom. The summed E-state index contributed by atoms with van der Waals surface area (Å²) in [5.74, 6) is 1.35. The van der Waals surface area contributed by atoms with E-state index in [9.17, 15) is 0 Å². The van der Waals surface area contributed by atoms with Gasteiger partial charge in [0.05, 0.1) is 18.2 Å². The van der Waals surface area contributed by atoms with Gasteiger partial charge in [0.25, 0.3) is 0 Å². The highest BCUT2D eigenvalue weighted by atomic mass is 16.5. The Labute approximate surface area is 142 Å². The van der Waals surface area contributed by atoms with E-state index in [2.05, 4.69) is 45.9 Å². The third-order valence-corrected chi connectivity index (χ3v) is 4.07. The number of nitrogen functional groups attached to an aromatic ring is 1. The van der Waals surface area contributed by atoms with E-state index in [1.54, 1.807) is 0 Å². The first-order chi connectivity index (χ1) is 11.5. The molecular formula is C17H24N6O. The summed E-state index contributed by atoms with van der Waals surface area (Å²) < 4.78 is 5.80. The molecule has 1 aliphatic rings. The van der Waals surface area contributed by atoms with E-state index in [1.165, 1.54) is 0 Å². The Kier molecular flexibility index (Phi) is 4.92. The van der Waals surface area contributed by atoms with E-state index >= 15 is 0 Å². The van der Waals surface area contributed by atoms with Crippen LogP contribution in [-0.4, -0.2) is 45.1 Å². The molecule has 0 amide bonds. The molecule has 7 nitrogen and oxygen atoms in total. The molecule has 0 saturated carbocycles. The predicted octanol–water partition coefficient (Wildman–Crippen LogP) is 2.37. The lowest BCUT2D eigenvalue weighted by atomic mass is 10.1. The molecule has 2 heterocycles. The fourth-order valence-electron chi connectivity index (χ4n) is 3.00. The van der Waals surface area contributed by atoms with Crippen molar-refractivity contribution in [3.05, 3.63) is 36.2 Å². The van der Waals surface area contributed by atoms with Gasteiger partial charge in [-0.3, -0.25) is 4.90 Å². The summed E-state index contributed by atoms with van der Waals surface area (Å²) in [7, 11) is 0. The molecular weight excluding hydrogens is 304 g/mol. The molecule has 1 saturated heterocycles. The van der Waals surface area contributed by atoms with E-state index in [0.717, 1.165) is 18.8 Å². The molecule has 128 valence electrons. The van der Waals surface area contributed by atoms with Crippen molar-refractivity contribution in [2.45, 2.75) is 39.0 Å². The maximum atomic E-state index is 5.89. The van der Waals surface area contributed by atoms with Crippen LogP contribution < -0.4 is 11.1 Å². The number of para-hydroxylation sites is 1. The molecule has 2 aromatic rings. The first-order valence-corrected chi connectivity index (χ1v) is 8.24. The highest BCUT2D eigenvalue weighted by molar-refractivity contribution is 5.53. The third kappa shape index (κ3) is 3.98. The fourth-order valence-corrected chi connectivity index (χ4v) is 3.00. The minimum absolute atomic E-state index is 0.0421. The summed E-state index contributed by atoms with van der Waals surface area (Å²) in [4.78, 5) is 15.4. The molecule has 24 heavy (non-hydrogen) atoms. The van der Waals surface area contributed by atoms with Crippen molar-refractivity contribution in [3.8, 4) is 0 Å². The third-order valence-electron chi connectivity index (χ3n) is 4.07. The molecule has 0 radical (unpaired) electrons. The second-order valence-corrected chi connectivity index (χ2v) is 6.25. The van der Waals surface area contributed by atoms with Crippen molar-refractivity contribution in [1.82, 2.24) is 19.9 Å². The van der Waals surface area contributed by atoms with Crippen molar-refractivity contribution in [1.29, 1.82) is 0 Å². The standard InChI is InChI=1S/C17H24N6O/c1-11-9-23(10-12(2)24-11)13(3)15-20-16(18)22-17(21-15)19-14-7-5-4-6-8-14/h4-8,11-13H,9-10H2,1-3H3,(H3,18,19,20,21,22)/t11-,12-,13-/m1/s1. The van der Waals surface area contributed by atoms with Gasteiger partial charge in [0, 0.05) is 18.8 Å². The van der Waals surface area contributed by atoms with Gasteiger partial charge < -0.3 is 15.8 Å². The molecule has 3 rings (SSSR count). The minimum Gasteiger partial charge on any atom is -0.373 e. The molecule has 1 aromatic heterocycles. The Balaban J connectivity index is 1.80. The van der Waals surface area contributed by atoms with E-state index in [1.807, 2.05) is 30.3 Å². The zero-order chi connectivity index (χ0) is 17.1. The lowest BCUT2D eigenvalue weighted by molar-refractivity contribution is -0.0797. The molecule has 0 bridgehead atoms. The van der Waals surface area contributed by atoms with Crippen LogP contribution >= 0.6 is 0 Å². The van der Waals surface area contributed by atoms with Gasteiger partial charge in [-0.2, -0.15) is 15.0 Å². The normalized spacial score (nSPS) is 23.0. The average molecular weight is 328 g/mol.